The summed E-state index contributed by atoms with van der Waals surface area (Å²) in [5, 5.41) is 3.16. The Bertz CT molecular complexity index is 637. The summed E-state index contributed by atoms with van der Waals surface area (Å²) in [6.45, 7) is 3.91. The van der Waals surface area contributed by atoms with Crippen molar-refractivity contribution < 1.29 is 0 Å². The van der Waals surface area contributed by atoms with Crippen LogP contribution < -0.4 is 16.0 Å². The fourth-order valence-electron chi connectivity index (χ4n) is 2.53. The van der Waals surface area contributed by atoms with E-state index in [-0.39, 0.29) is 0 Å². The van der Waals surface area contributed by atoms with Crippen LogP contribution in [-0.4, -0.2) is 26.1 Å². The maximum atomic E-state index is 5.96. The number of aliphatic imine (C=N–C) groups is 1. The van der Waals surface area contributed by atoms with Crippen LogP contribution in [-0.2, 0) is 6.42 Å². The summed E-state index contributed by atoms with van der Waals surface area (Å²) in [6, 6.07) is 18.7. The highest BCUT2D eigenvalue weighted by molar-refractivity contribution is 5.92. The van der Waals surface area contributed by atoms with Crippen LogP contribution in [0.5, 0.6) is 0 Å². The quantitative estimate of drug-likeness (QED) is 0.440. The van der Waals surface area contributed by atoms with Gasteiger partial charge in [-0.25, -0.2) is 0 Å². The van der Waals surface area contributed by atoms with Crippen LogP contribution in [0, 0.1) is 0 Å². The van der Waals surface area contributed by atoms with Crippen LogP contribution in [0.15, 0.2) is 59.6 Å². The van der Waals surface area contributed by atoms with Crippen LogP contribution in [0.25, 0.3) is 0 Å². The number of anilines is 2. The molecule has 0 heterocycles. The van der Waals surface area contributed by atoms with E-state index in [4.69, 9.17) is 5.73 Å². The Morgan fingerprint density at radius 1 is 1.08 bits per heavy atom. The minimum atomic E-state index is 0.486. The van der Waals surface area contributed by atoms with Gasteiger partial charge >= 0.3 is 0 Å². The first-order valence-corrected chi connectivity index (χ1v) is 8.61. The summed E-state index contributed by atoms with van der Waals surface area (Å²) in [4.78, 5) is 6.67. The number of nitrogens with two attached hydrogens (primary N) is 1. The summed E-state index contributed by atoms with van der Waals surface area (Å²) < 4.78 is 0. The molecule has 0 aliphatic rings. The third-order valence-electron chi connectivity index (χ3n) is 3.99. The lowest BCUT2D eigenvalue weighted by Gasteiger charge is -2.18. The minimum absolute atomic E-state index is 0.486. The van der Waals surface area contributed by atoms with Crippen molar-refractivity contribution in [3.63, 3.8) is 0 Å². The van der Waals surface area contributed by atoms with Crippen molar-refractivity contribution in [2.75, 3.05) is 30.4 Å². The highest BCUT2D eigenvalue weighted by atomic mass is 15.1. The average Bonchev–Trinajstić information content (AvgIpc) is 2.62. The van der Waals surface area contributed by atoms with Crippen LogP contribution in [0.1, 0.15) is 25.3 Å². The second-order valence-electron chi connectivity index (χ2n) is 5.91. The lowest BCUT2D eigenvalue weighted by Crippen LogP contribution is -2.23. The van der Waals surface area contributed by atoms with Crippen molar-refractivity contribution in [3.8, 4) is 0 Å². The molecule has 0 saturated carbocycles. The number of hydrogen-bond donors (Lipinski definition) is 2. The number of unbranched alkanes of at least 4 members (excludes halogenated alkanes) is 1. The molecule has 0 saturated heterocycles. The van der Waals surface area contributed by atoms with Crippen molar-refractivity contribution in [1.29, 1.82) is 0 Å². The SMILES string of the molecule is CCc1cccc(NC(N)=NCCCCN(C)c2ccccc2)c1. The number of hydrogen-bond acceptors (Lipinski definition) is 2. The molecule has 24 heavy (non-hydrogen) atoms. The van der Waals surface area contributed by atoms with Gasteiger partial charge in [-0.2, -0.15) is 0 Å². The molecule has 4 nitrogen and oxygen atoms in total. The molecule has 0 aliphatic carbocycles. The molecule has 0 spiro atoms. The Morgan fingerprint density at radius 3 is 2.62 bits per heavy atom. The highest BCUT2D eigenvalue weighted by Crippen LogP contribution is 2.12. The largest absolute Gasteiger partial charge is 0.375 e. The molecule has 2 aromatic carbocycles. The van der Waals surface area contributed by atoms with Gasteiger partial charge in [0.15, 0.2) is 5.96 Å². The molecule has 3 N–H and O–H groups in total. The van der Waals surface area contributed by atoms with E-state index in [0.29, 0.717) is 5.96 Å². The van der Waals surface area contributed by atoms with E-state index in [1.165, 1.54) is 11.3 Å². The van der Waals surface area contributed by atoms with Crippen molar-refractivity contribution in [2.24, 2.45) is 10.7 Å². The second kappa shape index (κ2) is 9.60. The van der Waals surface area contributed by atoms with E-state index >= 15 is 0 Å². The summed E-state index contributed by atoms with van der Waals surface area (Å²) in [5.41, 5.74) is 9.50. The molecule has 0 radical (unpaired) electrons. The Hall–Kier alpha value is -2.49. The Morgan fingerprint density at radius 2 is 1.88 bits per heavy atom. The average molecular weight is 324 g/mol. The van der Waals surface area contributed by atoms with Crippen LogP contribution in [0.2, 0.25) is 0 Å². The van der Waals surface area contributed by atoms with Crippen molar-refractivity contribution in [3.05, 3.63) is 60.2 Å². The van der Waals surface area contributed by atoms with E-state index in [2.05, 4.69) is 65.6 Å². The van der Waals surface area contributed by atoms with Gasteiger partial charge in [-0.3, -0.25) is 4.99 Å². The van der Waals surface area contributed by atoms with Gasteiger partial charge in [0.05, 0.1) is 0 Å². The fourth-order valence-corrected chi connectivity index (χ4v) is 2.53. The number of aryl methyl sites for hydroxylation is 1. The van der Waals surface area contributed by atoms with Gasteiger partial charge in [-0.15, -0.1) is 0 Å². The van der Waals surface area contributed by atoms with Gasteiger partial charge in [-0.05, 0) is 49.1 Å². The van der Waals surface area contributed by atoms with Gasteiger partial charge < -0.3 is 16.0 Å². The molecule has 0 bridgehead atoms. The molecule has 0 unspecified atom stereocenters. The molecular weight excluding hydrogens is 296 g/mol. The van der Waals surface area contributed by atoms with Gasteiger partial charge in [-0.1, -0.05) is 37.3 Å². The van der Waals surface area contributed by atoms with E-state index in [1.54, 1.807) is 0 Å². The summed E-state index contributed by atoms with van der Waals surface area (Å²) >= 11 is 0. The minimum Gasteiger partial charge on any atom is -0.375 e. The Kier molecular flexibility index (Phi) is 7.15. The zero-order chi connectivity index (χ0) is 17.2. The molecule has 128 valence electrons. The lowest BCUT2D eigenvalue weighted by atomic mass is 10.1. The highest BCUT2D eigenvalue weighted by Gasteiger charge is 1.99. The van der Waals surface area contributed by atoms with E-state index in [0.717, 1.165) is 38.0 Å². The van der Waals surface area contributed by atoms with Gasteiger partial charge in [0.25, 0.3) is 0 Å². The topological polar surface area (TPSA) is 53.6 Å². The predicted octanol–water partition coefficient (Wildman–Crippen LogP) is 3.89. The number of para-hydroxylation sites is 1. The molecule has 2 rings (SSSR count). The molecule has 0 amide bonds. The number of guanidine groups is 1. The number of rotatable bonds is 8. The van der Waals surface area contributed by atoms with Crippen LogP contribution in [0.4, 0.5) is 11.4 Å². The van der Waals surface area contributed by atoms with E-state index in [9.17, 15) is 0 Å². The standard InChI is InChI=1S/C20H28N4/c1-3-17-10-9-11-18(16-17)23-20(21)22-14-7-8-15-24(2)19-12-5-4-6-13-19/h4-6,9-13,16H,3,7-8,14-15H2,1-2H3,(H3,21,22,23). The third-order valence-corrected chi connectivity index (χ3v) is 3.99. The van der Waals surface area contributed by atoms with Crippen molar-refractivity contribution in [1.82, 2.24) is 0 Å². The van der Waals surface area contributed by atoms with Crippen LogP contribution in [0.3, 0.4) is 0 Å². The molecule has 2 aromatic rings. The Balaban J connectivity index is 1.69. The molecular formula is C20H28N4. The molecule has 0 aromatic heterocycles. The monoisotopic (exact) mass is 324 g/mol. The third kappa shape index (κ3) is 5.95. The number of nitrogens with one attached hydrogen (secondary N) is 1. The first-order valence-electron chi connectivity index (χ1n) is 8.61. The number of nitrogens with zero attached hydrogens (tertiary/aromatic N) is 2. The van der Waals surface area contributed by atoms with E-state index in [1.807, 2.05) is 18.2 Å². The van der Waals surface area contributed by atoms with Crippen molar-refractivity contribution >= 4 is 17.3 Å². The first kappa shape index (κ1) is 17.9. The Labute approximate surface area is 145 Å². The molecule has 0 aliphatic heterocycles. The van der Waals surface area contributed by atoms with Crippen molar-refractivity contribution in [2.45, 2.75) is 26.2 Å². The fraction of sp³-hybridized carbons (Fsp3) is 0.350. The van der Waals surface area contributed by atoms with Crippen LogP contribution >= 0.6 is 0 Å². The number of benzene rings is 2. The first-order chi connectivity index (χ1) is 11.7. The zero-order valence-corrected chi connectivity index (χ0v) is 14.7. The smallest absolute Gasteiger partial charge is 0.193 e. The summed E-state index contributed by atoms with van der Waals surface area (Å²) in [5.74, 6) is 0.486. The van der Waals surface area contributed by atoms with E-state index < -0.39 is 0 Å². The molecule has 4 heteroatoms. The zero-order valence-electron chi connectivity index (χ0n) is 14.7. The normalized spacial score (nSPS) is 11.3. The predicted molar refractivity (Wildman–Crippen MR) is 105 cm³/mol. The summed E-state index contributed by atoms with van der Waals surface area (Å²) in [7, 11) is 2.12. The molecule has 0 atom stereocenters. The molecule has 0 fully saturated rings. The van der Waals surface area contributed by atoms with Gasteiger partial charge in [0, 0.05) is 31.5 Å². The lowest BCUT2D eigenvalue weighted by molar-refractivity contribution is 0.728. The maximum absolute atomic E-state index is 5.96. The van der Waals surface area contributed by atoms with Gasteiger partial charge in [0.1, 0.15) is 0 Å². The maximum Gasteiger partial charge on any atom is 0.193 e. The second-order valence-corrected chi connectivity index (χ2v) is 5.91. The summed E-state index contributed by atoms with van der Waals surface area (Å²) in [6.07, 6.45) is 3.13. The van der Waals surface area contributed by atoms with Gasteiger partial charge in [0.2, 0.25) is 0 Å².